The van der Waals surface area contributed by atoms with Gasteiger partial charge in [-0.1, -0.05) is 48.0 Å². The molecule has 3 amide bonds. The molecule has 5 rings (SSSR count). The number of aliphatic imine (C=N–C) groups is 1. The van der Waals surface area contributed by atoms with Crippen LogP contribution < -0.4 is 4.90 Å². The van der Waals surface area contributed by atoms with Crippen LogP contribution in [0, 0.1) is 6.92 Å². The van der Waals surface area contributed by atoms with E-state index in [0.29, 0.717) is 11.0 Å². The number of likely N-dealkylation sites (N-methyl/N-ethyl adjacent to an activating group) is 1. The van der Waals surface area contributed by atoms with Crippen molar-refractivity contribution in [3.8, 4) is 0 Å². The zero-order valence-corrected chi connectivity index (χ0v) is 18.2. The zero-order valence-electron chi connectivity index (χ0n) is 17.5. The van der Waals surface area contributed by atoms with Gasteiger partial charge in [0.25, 0.3) is 5.91 Å². The number of benzene rings is 2. The Bertz CT molecular complexity index is 1150. The number of hydrogen-bond acceptors (Lipinski definition) is 5. The highest BCUT2D eigenvalue weighted by Crippen LogP contribution is 2.37. The minimum absolute atomic E-state index is 0.231. The molecule has 0 bridgehead atoms. The lowest BCUT2D eigenvalue weighted by atomic mass is 10.1. The monoisotopic (exact) mass is 435 g/mol. The van der Waals surface area contributed by atoms with Crippen LogP contribution in [0.25, 0.3) is 0 Å². The maximum atomic E-state index is 13.5. The summed E-state index contributed by atoms with van der Waals surface area (Å²) in [5.74, 6) is 0.380. The summed E-state index contributed by atoms with van der Waals surface area (Å²) in [4.78, 5) is 37.9. The predicted molar refractivity (Wildman–Crippen MR) is 119 cm³/mol. The molecule has 3 aliphatic heterocycles. The van der Waals surface area contributed by atoms with Gasteiger partial charge in [0.1, 0.15) is 0 Å². The molecular weight excluding hydrogens is 414 g/mol. The molecule has 0 spiro atoms. The Morgan fingerprint density at radius 1 is 1.06 bits per heavy atom. The van der Waals surface area contributed by atoms with Crippen molar-refractivity contribution >= 4 is 35.2 Å². The molecular formula is C23H22ClN5O2. The summed E-state index contributed by atoms with van der Waals surface area (Å²) in [6.07, 6.45) is 1.34. The fourth-order valence-corrected chi connectivity index (χ4v) is 4.48. The van der Waals surface area contributed by atoms with Crippen LogP contribution in [0.2, 0.25) is 5.02 Å². The van der Waals surface area contributed by atoms with Gasteiger partial charge in [0, 0.05) is 24.0 Å². The first-order chi connectivity index (χ1) is 14.9. The molecule has 8 heteroatoms. The number of amides is 3. The van der Waals surface area contributed by atoms with Crippen molar-refractivity contribution in [2.75, 3.05) is 11.9 Å². The minimum Gasteiger partial charge on any atom is -0.302 e. The van der Waals surface area contributed by atoms with E-state index >= 15 is 0 Å². The summed E-state index contributed by atoms with van der Waals surface area (Å²) in [5, 5.41) is 0.664. The molecule has 3 heterocycles. The fourth-order valence-electron chi connectivity index (χ4n) is 4.31. The lowest BCUT2D eigenvalue weighted by Gasteiger charge is -2.40. The minimum atomic E-state index is -0.595. The Morgan fingerprint density at radius 2 is 1.81 bits per heavy atom. The van der Waals surface area contributed by atoms with Crippen molar-refractivity contribution in [1.82, 2.24) is 14.7 Å². The highest BCUT2D eigenvalue weighted by Gasteiger charge is 2.54. The number of urea groups is 1. The number of anilines is 1. The van der Waals surface area contributed by atoms with Crippen LogP contribution in [0.3, 0.4) is 0 Å². The van der Waals surface area contributed by atoms with Gasteiger partial charge in [0.2, 0.25) is 5.96 Å². The summed E-state index contributed by atoms with van der Waals surface area (Å²) < 4.78 is 0. The number of hydrogen-bond donors (Lipinski definition) is 0. The van der Waals surface area contributed by atoms with Gasteiger partial charge >= 0.3 is 6.03 Å². The number of halogens is 1. The Labute approximate surface area is 185 Å². The summed E-state index contributed by atoms with van der Waals surface area (Å²) in [6.45, 7) is 4.15. The smallest absolute Gasteiger partial charge is 0.302 e. The van der Waals surface area contributed by atoms with E-state index in [0.717, 1.165) is 22.5 Å². The SMILES string of the molecule is CC1=CN2C(=NC3C2C(=O)N(Cc2ccccc2)C(=O)N3C)N1c1ccc(C)c(Cl)c1. The molecule has 1 saturated heterocycles. The van der Waals surface area contributed by atoms with Crippen molar-refractivity contribution in [2.24, 2.45) is 4.99 Å². The normalized spacial score (nSPS) is 22.6. The second-order valence-corrected chi connectivity index (χ2v) is 8.44. The van der Waals surface area contributed by atoms with Gasteiger partial charge in [-0.2, -0.15) is 0 Å². The average molecular weight is 436 g/mol. The van der Waals surface area contributed by atoms with Crippen LogP contribution in [0.4, 0.5) is 10.5 Å². The summed E-state index contributed by atoms with van der Waals surface area (Å²) in [7, 11) is 1.69. The molecule has 2 atom stereocenters. The Balaban J connectivity index is 1.49. The Hall–Kier alpha value is -3.32. The molecule has 0 radical (unpaired) electrons. The van der Waals surface area contributed by atoms with E-state index < -0.39 is 12.2 Å². The van der Waals surface area contributed by atoms with Gasteiger partial charge in [-0.15, -0.1) is 0 Å². The molecule has 7 nitrogen and oxygen atoms in total. The maximum absolute atomic E-state index is 13.5. The first-order valence-electron chi connectivity index (χ1n) is 10.1. The van der Waals surface area contributed by atoms with Gasteiger partial charge in [-0.3, -0.25) is 14.6 Å². The first-order valence-corrected chi connectivity index (χ1v) is 10.5. The molecule has 0 saturated carbocycles. The van der Waals surface area contributed by atoms with Gasteiger partial charge in [-0.25, -0.2) is 9.79 Å². The number of carbonyl (C=O) groups excluding carboxylic acids is 2. The van der Waals surface area contributed by atoms with Crippen LogP contribution in [-0.2, 0) is 11.3 Å². The van der Waals surface area contributed by atoms with Gasteiger partial charge in [-0.05, 0) is 37.1 Å². The fraction of sp³-hybridized carbons (Fsp3) is 0.261. The number of nitrogens with zero attached hydrogens (tertiary/aromatic N) is 5. The maximum Gasteiger partial charge on any atom is 0.328 e. The molecule has 3 aliphatic rings. The van der Waals surface area contributed by atoms with E-state index in [2.05, 4.69) is 0 Å². The number of guanidine groups is 1. The number of carbonyl (C=O) groups is 2. The first kappa shape index (κ1) is 19.6. The molecule has 0 N–H and O–H groups in total. The molecule has 2 aromatic rings. The zero-order chi connectivity index (χ0) is 21.9. The Morgan fingerprint density at radius 3 is 2.52 bits per heavy atom. The van der Waals surface area contributed by atoms with Crippen molar-refractivity contribution in [1.29, 1.82) is 0 Å². The predicted octanol–water partition coefficient (Wildman–Crippen LogP) is 3.79. The standard InChI is InChI=1S/C23H22ClN5O2/c1-14-9-10-17(11-18(14)24)29-15(2)12-27-19-20(25-22(27)29)26(3)23(31)28(21(19)30)13-16-7-5-4-6-8-16/h4-12,19-20H,13H2,1-3H3. The number of allylic oxidation sites excluding steroid dienone is 1. The molecule has 31 heavy (non-hydrogen) atoms. The lowest BCUT2D eigenvalue weighted by Crippen LogP contribution is -2.63. The third kappa shape index (κ3) is 2.99. The van der Waals surface area contributed by atoms with E-state index in [1.807, 2.05) is 78.4 Å². The second-order valence-electron chi connectivity index (χ2n) is 8.04. The number of imide groups is 1. The second kappa shape index (κ2) is 7.13. The molecule has 0 aromatic heterocycles. The van der Waals surface area contributed by atoms with Crippen molar-refractivity contribution in [3.05, 3.63) is 76.6 Å². The number of aryl methyl sites for hydroxylation is 1. The largest absolute Gasteiger partial charge is 0.328 e. The van der Waals surface area contributed by atoms with Crippen molar-refractivity contribution < 1.29 is 9.59 Å². The molecule has 2 aromatic carbocycles. The van der Waals surface area contributed by atoms with E-state index in [1.165, 1.54) is 4.90 Å². The van der Waals surface area contributed by atoms with Crippen LogP contribution in [-0.4, -0.2) is 51.9 Å². The van der Waals surface area contributed by atoms with E-state index in [-0.39, 0.29) is 18.5 Å². The van der Waals surface area contributed by atoms with Gasteiger partial charge < -0.3 is 9.80 Å². The third-order valence-electron chi connectivity index (χ3n) is 5.99. The van der Waals surface area contributed by atoms with Gasteiger partial charge in [0.05, 0.1) is 12.2 Å². The van der Waals surface area contributed by atoms with E-state index in [9.17, 15) is 9.59 Å². The van der Waals surface area contributed by atoms with Crippen LogP contribution in [0.5, 0.6) is 0 Å². The highest BCUT2D eigenvalue weighted by molar-refractivity contribution is 6.31. The van der Waals surface area contributed by atoms with Crippen molar-refractivity contribution in [2.45, 2.75) is 32.6 Å². The number of fused-ring (bicyclic) bond motifs is 3. The van der Waals surface area contributed by atoms with Crippen LogP contribution in [0.1, 0.15) is 18.1 Å². The molecule has 1 fully saturated rings. The average Bonchev–Trinajstić information content (AvgIpc) is 3.27. The lowest BCUT2D eigenvalue weighted by molar-refractivity contribution is -0.137. The van der Waals surface area contributed by atoms with Crippen molar-refractivity contribution in [3.63, 3.8) is 0 Å². The molecule has 158 valence electrons. The highest BCUT2D eigenvalue weighted by atomic mass is 35.5. The van der Waals surface area contributed by atoms with Crippen LogP contribution in [0.15, 0.2) is 65.4 Å². The van der Waals surface area contributed by atoms with Gasteiger partial charge in [0.15, 0.2) is 12.2 Å². The topological polar surface area (TPSA) is 59.5 Å². The number of rotatable bonds is 3. The van der Waals surface area contributed by atoms with Crippen LogP contribution >= 0.6 is 11.6 Å². The van der Waals surface area contributed by atoms with E-state index in [1.54, 1.807) is 11.9 Å². The summed E-state index contributed by atoms with van der Waals surface area (Å²) >= 11 is 6.35. The molecule has 2 unspecified atom stereocenters. The summed E-state index contributed by atoms with van der Waals surface area (Å²) in [6, 6.07) is 14.4. The molecule has 0 aliphatic carbocycles. The van der Waals surface area contributed by atoms with E-state index in [4.69, 9.17) is 16.6 Å². The Kier molecular flexibility index (Phi) is 4.51. The third-order valence-corrected chi connectivity index (χ3v) is 6.39. The summed E-state index contributed by atoms with van der Waals surface area (Å²) in [5.41, 5.74) is 3.69. The quantitative estimate of drug-likeness (QED) is 0.736.